The summed E-state index contributed by atoms with van der Waals surface area (Å²) in [5.41, 5.74) is 0. The van der Waals surface area contributed by atoms with Crippen molar-refractivity contribution >= 4 is 18.0 Å². The molecule has 1 unspecified atom stereocenters. The molecule has 0 spiro atoms. The van der Waals surface area contributed by atoms with Gasteiger partial charge in [-0.2, -0.15) is 0 Å². The number of hydrogen-bond acceptors (Lipinski definition) is 4. The molecule has 0 bridgehead atoms. The Morgan fingerprint density at radius 2 is 1.79 bits per heavy atom. The van der Waals surface area contributed by atoms with Gasteiger partial charge < -0.3 is 20.5 Å². The van der Waals surface area contributed by atoms with Gasteiger partial charge in [0, 0.05) is 19.5 Å². The van der Waals surface area contributed by atoms with Crippen LogP contribution < -0.4 is 10.6 Å². The van der Waals surface area contributed by atoms with Crippen molar-refractivity contribution in [3.8, 4) is 0 Å². The van der Waals surface area contributed by atoms with Crippen LogP contribution in [0.4, 0.5) is 4.79 Å². The number of urea groups is 1. The first-order valence-electron chi connectivity index (χ1n) is 6.27. The zero-order chi connectivity index (χ0) is 14.8. The fourth-order valence-electron chi connectivity index (χ4n) is 1.18. The van der Waals surface area contributed by atoms with Gasteiger partial charge in [-0.3, -0.25) is 9.59 Å². The number of carboxylic acid groups (broad SMARTS) is 1. The van der Waals surface area contributed by atoms with Crippen LogP contribution in [0.3, 0.4) is 0 Å². The molecule has 1 atom stereocenters. The van der Waals surface area contributed by atoms with Crippen molar-refractivity contribution in [1.82, 2.24) is 10.6 Å². The highest BCUT2D eigenvalue weighted by Gasteiger charge is 2.16. The van der Waals surface area contributed by atoms with Crippen molar-refractivity contribution in [2.75, 3.05) is 13.1 Å². The van der Waals surface area contributed by atoms with Crippen LogP contribution in [-0.4, -0.2) is 42.3 Å². The minimum absolute atomic E-state index is 0.0113. The predicted molar refractivity (Wildman–Crippen MR) is 68.7 cm³/mol. The summed E-state index contributed by atoms with van der Waals surface area (Å²) in [5.74, 6) is -1.68. The highest BCUT2D eigenvalue weighted by Crippen LogP contribution is 2.00. The van der Waals surface area contributed by atoms with Gasteiger partial charge in [-0.25, -0.2) is 4.79 Å². The van der Waals surface area contributed by atoms with Crippen LogP contribution in [0.5, 0.6) is 0 Å². The van der Waals surface area contributed by atoms with Crippen molar-refractivity contribution in [3.63, 3.8) is 0 Å². The van der Waals surface area contributed by atoms with Gasteiger partial charge in [-0.05, 0) is 20.3 Å². The minimum Gasteiger partial charge on any atom is -0.481 e. The molecule has 110 valence electrons. The Hall–Kier alpha value is -1.79. The molecule has 0 rings (SSSR count). The lowest BCUT2D eigenvalue weighted by Gasteiger charge is -2.14. The molecular formula is C12H22N2O5. The molecule has 3 N–H and O–H groups in total. The van der Waals surface area contributed by atoms with Gasteiger partial charge in [0.1, 0.15) is 0 Å². The molecule has 0 aliphatic rings. The lowest BCUT2D eigenvalue weighted by atomic mass is 10.2. The van der Waals surface area contributed by atoms with Crippen LogP contribution >= 0.6 is 0 Å². The highest BCUT2D eigenvalue weighted by molar-refractivity contribution is 5.76. The van der Waals surface area contributed by atoms with E-state index >= 15 is 0 Å². The third-order valence-electron chi connectivity index (χ3n) is 2.18. The molecule has 0 fully saturated rings. The smallest absolute Gasteiger partial charge is 0.314 e. The van der Waals surface area contributed by atoms with E-state index < -0.39 is 17.9 Å². The third-order valence-corrected chi connectivity index (χ3v) is 2.18. The third kappa shape index (κ3) is 9.87. The summed E-state index contributed by atoms with van der Waals surface area (Å²) in [6.45, 7) is 5.63. The molecule has 2 amide bonds. The van der Waals surface area contributed by atoms with Gasteiger partial charge in [0.2, 0.25) is 0 Å². The number of nitrogens with one attached hydrogen (secondary N) is 2. The molecule has 0 heterocycles. The maximum absolute atomic E-state index is 11.4. The Labute approximate surface area is 112 Å². The second-order valence-corrected chi connectivity index (χ2v) is 4.52. The summed E-state index contributed by atoms with van der Waals surface area (Å²) < 4.78 is 4.99. The lowest BCUT2D eigenvalue weighted by molar-refractivity contribution is -0.151. The Morgan fingerprint density at radius 3 is 2.32 bits per heavy atom. The Kier molecular flexibility index (Phi) is 8.32. The van der Waals surface area contributed by atoms with Crippen molar-refractivity contribution < 1.29 is 24.2 Å². The van der Waals surface area contributed by atoms with E-state index in [1.54, 1.807) is 20.8 Å². The predicted octanol–water partition coefficient (Wildman–Crippen LogP) is 0.738. The average molecular weight is 274 g/mol. The number of aliphatic carboxylic acids is 1. The van der Waals surface area contributed by atoms with Gasteiger partial charge in [0.15, 0.2) is 0 Å². The van der Waals surface area contributed by atoms with Crippen LogP contribution in [0.15, 0.2) is 0 Å². The summed E-state index contributed by atoms with van der Waals surface area (Å²) >= 11 is 0. The monoisotopic (exact) mass is 274 g/mol. The van der Waals surface area contributed by atoms with E-state index in [2.05, 4.69) is 10.6 Å². The van der Waals surface area contributed by atoms with Crippen LogP contribution in [-0.2, 0) is 14.3 Å². The van der Waals surface area contributed by atoms with Gasteiger partial charge in [-0.1, -0.05) is 6.92 Å². The topological polar surface area (TPSA) is 105 Å². The summed E-state index contributed by atoms with van der Waals surface area (Å²) in [4.78, 5) is 33.0. The molecule has 0 radical (unpaired) electrons. The van der Waals surface area contributed by atoms with Crippen molar-refractivity contribution in [2.24, 2.45) is 5.92 Å². The quantitative estimate of drug-likeness (QED) is 0.447. The first-order chi connectivity index (χ1) is 8.82. The number of amides is 2. The maximum atomic E-state index is 11.4. The van der Waals surface area contributed by atoms with Crippen molar-refractivity contribution in [3.05, 3.63) is 0 Å². The van der Waals surface area contributed by atoms with Crippen LogP contribution in [0.2, 0.25) is 0 Å². The van der Waals surface area contributed by atoms with E-state index in [0.29, 0.717) is 6.42 Å². The largest absolute Gasteiger partial charge is 0.481 e. The molecule has 0 aliphatic carbocycles. The summed E-state index contributed by atoms with van der Waals surface area (Å²) in [5, 5.41) is 13.4. The first-order valence-corrected chi connectivity index (χ1v) is 6.27. The SMILES string of the molecule is CC(C)OC(=O)C(C)CNC(=O)NCCCC(=O)O. The Bertz CT molecular complexity index is 317. The second-order valence-electron chi connectivity index (χ2n) is 4.52. The molecule has 0 aliphatic heterocycles. The molecular weight excluding hydrogens is 252 g/mol. The molecule has 0 aromatic heterocycles. The molecule has 0 aromatic rings. The highest BCUT2D eigenvalue weighted by atomic mass is 16.5. The number of carbonyl (C=O) groups is 3. The van der Waals surface area contributed by atoms with E-state index in [-0.39, 0.29) is 31.6 Å². The van der Waals surface area contributed by atoms with E-state index in [9.17, 15) is 14.4 Å². The van der Waals surface area contributed by atoms with Crippen LogP contribution in [0, 0.1) is 5.92 Å². The Morgan fingerprint density at radius 1 is 1.16 bits per heavy atom. The molecule has 7 nitrogen and oxygen atoms in total. The number of rotatable bonds is 8. The van der Waals surface area contributed by atoms with Crippen LogP contribution in [0.25, 0.3) is 0 Å². The van der Waals surface area contributed by atoms with Gasteiger partial charge in [0.25, 0.3) is 0 Å². The van der Waals surface area contributed by atoms with Crippen molar-refractivity contribution in [2.45, 2.75) is 39.7 Å². The molecule has 7 heteroatoms. The van der Waals surface area contributed by atoms with Crippen molar-refractivity contribution in [1.29, 1.82) is 0 Å². The molecule has 0 saturated heterocycles. The number of ether oxygens (including phenoxy) is 1. The van der Waals surface area contributed by atoms with Gasteiger partial charge in [0.05, 0.1) is 12.0 Å². The fourth-order valence-corrected chi connectivity index (χ4v) is 1.18. The normalized spacial score (nSPS) is 11.8. The van der Waals surface area contributed by atoms with Gasteiger partial charge in [-0.15, -0.1) is 0 Å². The fraction of sp³-hybridized carbons (Fsp3) is 0.750. The van der Waals surface area contributed by atoms with Crippen LogP contribution in [0.1, 0.15) is 33.6 Å². The summed E-state index contributed by atoms with van der Waals surface area (Å²) in [6, 6.07) is -0.422. The lowest BCUT2D eigenvalue weighted by Crippen LogP contribution is -2.40. The molecule has 19 heavy (non-hydrogen) atoms. The van der Waals surface area contributed by atoms with E-state index in [0.717, 1.165) is 0 Å². The van der Waals surface area contributed by atoms with Gasteiger partial charge >= 0.3 is 18.0 Å². The maximum Gasteiger partial charge on any atom is 0.314 e. The zero-order valence-corrected chi connectivity index (χ0v) is 11.6. The Balaban J connectivity index is 3.72. The number of carboxylic acids is 1. The number of hydrogen-bond donors (Lipinski definition) is 3. The standard InChI is InChI=1S/C12H22N2O5/c1-8(2)19-11(17)9(3)7-14-12(18)13-6-4-5-10(15)16/h8-9H,4-7H2,1-3H3,(H,15,16)(H2,13,14,18). The average Bonchev–Trinajstić information content (AvgIpc) is 2.30. The molecule has 0 saturated carbocycles. The summed E-state index contributed by atoms with van der Waals surface area (Å²) in [6.07, 6.45) is 0.199. The number of esters is 1. The van der Waals surface area contributed by atoms with E-state index in [4.69, 9.17) is 9.84 Å². The van der Waals surface area contributed by atoms with E-state index in [1.165, 1.54) is 0 Å². The first kappa shape index (κ1) is 17.2. The summed E-state index contributed by atoms with van der Waals surface area (Å²) in [7, 11) is 0. The molecule has 0 aromatic carbocycles. The second kappa shape index (κ2) is 9.18. The minimum atomic E-state index is -0.896. The zero-order valence-electron chi connectivity index (χ0n) is 11.6. The number of carbonyl (C=O) groups excluding carboxylic acids is 2. The van der Waals surface area contributed by atoms with E-state index in [1.807, 2.05) is 0 Å².